The van der Waals surface area contributed by atoms with Gasteiger partial charge in [0.25, 0.3) is 5.89 Å². The van der Waals surface area contributed by atoms with Gasteiger partial charge in [0.05, 0.1) is 16.1 Å². The van der Waals surface area contributed by atoms with Gasteiger partial charge < -0.3 is 19.5 Å². The van der Waals surface area contributed by atoms with Gasteiger partial charge >= 0.3 is 0 Å². The van der Waals surface area contributed by atoms with Crippen molar-refractivity contribution >= 4 is 28.3 Å². The van der Waals surface area contributed by atoms with E-state index in [1.54, 1.807) is 0 Å². The van der Waals surface area contributed by atoms with Crippen molar-refractivity contribution in [1.82, 2.24) is 20.4 Å². The molecular weight excluding hydrogens is 438 g/mol. The molecule has 1 N–H and O–H groups in total. The Kier molecular flexibility index (Phi) is 6.54. The number of nitrogens with zero attached hydrogens (tertiary/aromatic N) is 4. The third-order valence-corrected chi connectivity index (χ3v) is 7.27. The molecular formula is C25H32ClN5O2. The highest BCUT2D eigenvalue weighted by Crippen LogP contribution is 2.39. The third-order valence-electron chi connectivity index (χ3n) is 6.98. The van der Waals surface area contributed by atoms with E-state index >= 15 is 0 Å². The lowest BCUT2D eigenvalue weighted by atomic mass is 9.98. The van der Waals surface area contributed by atoms with Gasteiger partial charge in [0.2, 0.25) is 0 Å². The number of hydrogen-bond acceptors (Lipinski definition) is 7. The van der Waals surface area contributed by atoms with Crippen molar-refractivity contribution in [3.8, 4) is 11.5 Å². The van der Waals surface area contributed by atoms with Gasteiger partial charge in [-0.15, -0.1) is 0 Å². The van der Waals surface area contributed by atoms with Crippen LogP contribution < -0.4 is 10.2 Å². The van der Waals surface area contributed by atoms with Crippen LogP contribution >= 0.6 is 11.6 Å². The maximum Gasteiger partial charge on any atom is 0.261 e. The first-order chi connectivity index (χ1) is 16.0. The van der Waals surface area contributed by atoms with Crippen molar-refractivity contribution in [3.63, 3.8) is 0 Å². The van der Waals surface area contributed by atoms with E-state index in [9.17, 15) is 0 Å². The monoisotopic (exact) mass is 469 g/mol. The molecule has 8 heteroatoms. The van der Waals surface area contributed by atoms with Gasteiger partial charge in [0.15, 0.2) is 5.82 Å². The van der Waals surface area contributed by atoms with Crippen LogP contribution in [0.5, 0.6) is 0 Å². The molecule has 176 valence electrons. The number of piperidine rings is 1. The highest BCUT2D eigenvalue weighted by Gasteiger charge is 2.28. The van der Waals surface area contributed by atoms with E-state index in [0.29, 0.717) is 28.8 Å². The summed E-state index contributed by atoms with van der Waals surface area (Å²) in [6, 6.07) is 5.31. The van der Waals surface area contributed by atoms with E-state index in [0.717, 1.165) is 86.3 Å². The van der Waals surface area contributed by atoms with Crippen LogP contribution in [0.1, 0.15) is 49.6 Å². The molecule has 2 saturated heterocycles. The predicted octanol–water partition coefficient (Wildman–Crippen LogP) is 4.85. The molecule has 0 amide bonds. The SMILES string of the molecule is CCc1cc(Cl)c2nc(N3CCC(NC4CCOCC4)CC3)c(-c3nc(C)no3)c(C)c2c1. The van der Waals surface area contributed by atoms with E-state index in [4.69, 9.17) is 25.8 Å². The topological polar surface area (TPSA) is 76.3 Å². The van der Waals surface area contributed by atoms with E-state index in [1.807, 2.05) is 13.0 Å². The Labute approximate surface area is 199 Å². The number of ether oxygens (including phenoxy) is 1. The fourth-order valence-corrected chi connectivity index (χ4v) is 5.35. The summed E-state index contributed by atoms with van der Waals surface area (Å²) in [6.07, 6.45) is 5.26. The summed E-state index contributed by atoms with van der Waals surface area (Å²) in [5.74, 6) is 2.03. The molecule has 0 saturated carbocycles. The van der Waals surface area contributed by atoms with Crippen LogP contribution in [0.15, 0.2) is 16.7 Å². The molecule has 4 heterocycles. The van der Waals surface area contributed by atoms with Crippen LogP contribution in [-0.4, -0.2) is 53.5 Å². The van der Waals surface area contributed by atoms with Gasteiger partial charge in [-0.1, -0.05) is 23.7 Å². The number of hydrogen-bond donors (Lipinski definition) is 1. The number of anilines is 1. The molecule has 0 aliphatic carbocycles. The summed E-state index contributed by atoms with van der Waals surface area (Å²) in [4.78, 5) is 12.0. The van der Waals surface area contributed by atoms with Crippen LogP contribution in [0.25, 0.3) is 22.4 Å². The first-order valence-electron chi connectivity index (χ1n) is 12.1. The summed E-state index contributed by atoms with van der Waals surface area (Å²) < 4.78 is 11.1. The van der Waals surface area contributed by atoms with Crippen molar-refractivity contribution < 1.29 is 9.26 Å². The second-order valence-corrected chi connectivity index (χ2v) is 9.63. The second-order valence-electron chi connectivity index (χ2n) is 9.22. The Bertz CT molecular complexity index is 1130. The number of fused-ring (bicyclic) bond motifs is 1. The first kappa shape index (κ1) is 22.6. The predicted molar refractivity (Wildman–Crippen MR) is 131 cm³/mol. The smallest absolute Gasteiger partial charge is 0.261 e. The zero-order valence-corrected chi connectivity index (χ0v) is 20.4. The molecule has 33 heavy (non-hydrogen) atoms. The summed E-state index contributed by atoms with van der Waals surface area (Å²) in [5.41, 5.74) is 4.03. The van der Waals surface area contributed by atoms with E-state index < -0.39 is 0 Å². The Morgan fingerprint density at radius 1 is 1.06 bits per heavy atom. The molecule has 0 unspecified atom stereocenters. The molecule has 0 radical (unpaired) electrons. The van der Waals surface area contributed by atoms with Crippen molar-refractivity contribution in [3.05, 3.63) is 34.1 Å². The summed E-state index contributed by atoms with van der Waals surface area (Å²) in [7, 11) is 0. The lowest BCUT2D eigenvalue weighted by Crippen LogP contribution is -2.48. The van der Waals surface area contributed by atoms with Crippen molar-refractivity contribution in [2.75, 3.05) is 31.2 Å². The molecule has 0 atom stereocenters. The van der Waals surface area contributed by atoms with Crippen LogP contribution in [0.2, 0.25) is 5.02 Å². The minimum absolute atomic E-state index is 0.523. The molecule has 0 bridgehead atoms. The molecule has 1 aromatic carbocycles. The molecule has 2 fully saturated rings. The zero-order valence-electron chi connectivity index (χ0n) is 19.7. The molecule has 0 spiro atoms. The number of aromatic nitrogens is 3. The highest BCUT2D eigenvalue weighted by molar-refractivity contribution is 6.35. The first-order valence-corrected chi connectivity index (χ1v) is 12.4. The van der Waals surface area contributed by atoms with Gasteiger partial charge in [-0.3, -0.25) is 0 Å². The average Bonchev–Trinajstić information content (AvgIpc) is 3.26. The summed E-state index contributed by atoms with van der Waals surface area (Å²) >= 11 is 6.71. The van der Waals surface area contributed by atoms with Crippen molar-refractivity contribution in [2.45, 2.75) is 65.0 Å². The fourth-order valence-electron chi connectivity index (χ4n) is 5.06. The third kappa shape index (κ3) is 4.59. The zero-order chi connectivity index (χ0) is 22.9. The normalized spacial score (nSPS) is 18.4. The molecule has 5 rings (SSSR count). The molecule has 7 nitrogen and oxygen atoms in total. The summed E-state index contributed by atoms with van der Waals surface area (Å²) in [6.45, 7) is 9.66. The van der Waals surface area contributed by atoms with E-state index in [1.165, 1.54) is 5.56 Å². The van der Waals surface area contributed by atoms with Gasteiger partial charge in [-0.2, -0.15) is 4.98 Å². The fraction of sp³-hybridized carbons (Fsp3) is 0.560. The lowest BCUT2D eigenvalue weighted by molar-refractivity contribution is 0.0738. The number of aryl methyl sites for hydroxylation is 3. The number of nitrogens with one attached hydrogen (secondary N) is 1. The van der Waals surface area contributed by atoms with Crippen molar-refractivity contribution in [1.29, 1.82) is 0 Å². The minimum atomic E-state index is 0.523. The molecule has 2 aromatic heterocycles. The van der Waals surface area contributed by atoms with Crippen LogP contribution in [-0.2, 0) is 11.2 Å². The quantitative estimate of drug-likeness (QED) is 0.572. The lowest BCUT2D eigenvalue weighted by Gasteiger charge is -2.37. The second kappa shape index (κ2) is 9.57. The van der Waals surface area contributed by atoms with Crippen molar-refractivity contribution in [2.24, 2.45) is 0 Å². The molecule has 3 aromatic rings. The van der Waals surface area contributed by atoms with Gasteiger partial charge in [0.1, 0.15) is 5.82 Å². The maximum absolute atomic E-state index is 6.71. The Balaban J connectivity index is 1.48. The van der Waals surface area contributed by atoms with E-state index in [-0.39, 0.29) is 0 Å². The van der Waals surface area contributed by atoms with Gasteiger partial charge in [-0.05, 0) is 69.2 Å². The molecule has 2 aliphatic heterocycles. The highest BCUT2D eigenvalue weighted by atomic mass is 35.5. The minimum Gasteiger partial charge on any atom is -0.381 e. The summed E-state index contributed by atoms with van der Waals surface area (Å²) in [5, 5.41) is 9.64. The van der Waals surface area contributed by atoms with E-state index in [2.05, 4.69) is 40.3 Å². The Morgan fingerprint density at radius 3 is 2.45 bits per heavy atom. The van der Waals surface area contributed by atoms with Gasteiger partial charge in [0, 0.05) is 43.8 Å². The number of halogens is 1. The average molecular weight is 470 g/mol. The van der Waals surface area contributed by atoms with Crippen LogP contribution in [0.3, 0.4) is 0 Å². The van der Waals surface area contributed by atoms with Crippen LogP contribution in [0, 0.1) is 13.8 Å². The standard InChI is InChI=1S/C25H32ClN5O2/c1-4-17-13-20-15(2)22(25-27-16(3)30-33-25)24(29-23(20)21(26)14-17)31-9-5-18(6-10-31)28-19-7-11-32-12-8-19/h13-14,18-19,28H,4-12H2,1-3H3. The largest absolute Gasteiger partial charge is 0.381 e. The number of benzene rings is 1. The van der Waals surface area contributed by atoms with Gasteiger partial charge in [-0.25, -0.2) is 4.98 Å². The Hall–Kier alpha value is -2.22. The van der Waals surface area contributed by atoms with Crippen LogP contribution in [0.4, 0.5) is 5.82 Å². The maximum atomic E-state index is 6.71. The Morgan fingerprint density at radius 2 is 1.79 bits per heavy atom. The molecule has 2 aliphatic rings. The number of rotatable bonds is 5. The number of pyridine rings is 1.